The quantitative estimate of drug-likeness (QED) is 0.142. The molecule has 0 aliphatic rings. The monoisotopic (exact) mass is 587 g/mol. The third-order valence-corrected chi connectivity index (χ3v) is 7.43. The number of hydrogen-bond donors (Lipinski definition) is 3. The number of ether oxygens (including phenoxy) is 1. The molecule has 39 heavy (non-hydrogen) atoms. The molecule has 1 amide bonds. The molecular weight excluding hydrogens is 565 g/mol. The third kappa shape index (κ3) is 5.99. The summed E-state index contributed by atoms with van der Waals surface area (Å²) in [4.78, 5) is 12.7. The molecule has 0 spiro atoms. The molecule has 0 unspecified atom stereocenters. The zero-order valence-corrected chi connectivity index (χ0v) is 23.1. The summed E-state index contributed by atoms with van der Waals surface area (Å²) in [5, 5.41) is 23.1. The predicted molar refractivity (Wildman–Crippen MR) is 151 cm³/mol. The van der Waals surface area contributed by atoms with E-state index >= 15 is 0 Å². The highest BCUT2D eigenvalue weighted by Crippen LogP contribution is 2.42. The van der Waals surface area contributed by atoms with Crippen LogP contribution in [-0.2, 0) is 16.5 Å². The van der Waals surface area contributed by atoms with Gasteiger partial charge in [0.15, 0.2) is 5.75 Å². The summed E-state index contributed by atoms with van der Waals surface area (Å²) in [6.07, 6.45) is 0.463. The fraction of sp³-hybridized carbons (Fsp3) is 0.148. The van der Waals surface area contributed by atoms with E-state index < -0.39 is 26.7 Å². The predicted octanol–water partition coefficient (Wildman–Crippen LogP) is 7.73. The van der Waals surface area contributed by atoms with Crippen molar-refractivity contribution in [3.05, 3.63) is 81.8 Å². The Balaban J connectivity index is 1.82. The third-order valence-electron chi connectivity index (χ3n) is 5.81. The second-order valence-corrected chi connectivity index (χ2v) is 10.5. The molecule has 0 heterocycles. The number of carbonyl (C=O) groups excluding carboxylic acids is 1. The van der Waals surface area contributed by atoms with E-state index in [9.17, 15) is 22.9 Å². The summed E-state index contributed by atoms with van der Waals surface area (Å²) < 4.78 is 39.1. The second-order valence-electron chi connectivity index (χ2n) is 8.29. The van der Waals surface area contributed by atoms with Crippen LogP contribution in [0.4, 0.5) is 17.1 Å². The highest BCUT2D eigenvalue weighted by Gasteiger charge is 2.22. The number of azo groups is 1. The average Bonchev–Trinajstić information content (AvgIpc) is 2.89. The standard InChI is InChI=1S/C27H23Cl2N3O6S/c1-3-15-9-12-22(39(35,36)37)25(23(15)29)32-31-24-18-8-6-5-7-16(18)13-19(26(24)33)27(34)30-21-11-10-17(38-4-2)14-20(21)28/h5-14,33H,3-4H2,1-2H3,(H,30,34)(H,35,36,37). The Morgan fingerprint density at radius 3 is 2.38 bits per heavy atom. The van der Waals surface area contributed by atoms with Crippen LogP contribution >= 0.6 is 23.2 Å². The Morgan fingerprint density at radius 1 is 1.00 bits per heavy atom. The van der Waals surface area contributed by atoms with Crippen molar-refractivity contribution < 1.29 is 27.6 Å². The van der Waals surface area contributed by atoms with Gasteiger partial charge in [-0.25, -0.2) is 0 Å². The van der Waals surface area contributed by atoms with E-state index in [4.69, 9.17) is 27.9 Å². The Hall–Kier alpha value is -3.70. The molecule has 0 aliphatic carbocycles. The Kier molecular flexibility index (Phi) is 8.41. The second kappa shape index (κ2) is 11.6. The first-order valence-electron chi connectivity index (χ1n) is 11.7. The lowest BCUT2D eigenvalue weighted by Crippen LogP contribution is -2.12. The first kappa shape index (κ1) is 28.3. The average molecular weight is 588 g/mol. The minimum Gasteiger partial charge on any atom is -0.505 e. The van der Waals surface area contributed by atoms with Crippen LogP contribution in [0, 0.1) is 0 Å². The molecule has 0 atom stereocenters. The number of halogens is 2. The summed E-state index contributed by atoms with van der Waals surface area (Å²) in [6.45, 7) is 4.09. The number of hydrogen-bond acceptors (Lipinski definition) is 7. The SMILES string of the molecule is CCOc1ccc(NC(=O)c2cc3ccccc3c(N=Nc3c(S(=O)(=O)O)ccc(CC)c3Cl)c2O)c(Cl)c1. The number of phenolic OH excluding ortho intramolecular Hbond substituents is 1. The van der Waals surface area contributed by atoms with Crippen LogP contribution < -0.4 is 10.1 Å². The highest BCUT2D eigenvalue weighted by atomic mass is 35.5. The number of fused-ring (bicyclic) bond motifs is 1. The van der Waals surface area contributed by atoms with Crippen molar-refractivity contribution >= 4 is 67.1 Å². The van der Waals surface area contributed by atoms with Gasteiger partial charge < -0.3 is 15.2 Å². The summed E-state index contributed by atoms with van der Waals surface area (Å²) in [5.74, 6) is -0.648. The number of aromatic hydroxyl groups is 1. The smallest absolute Gasteiger partial charge is 0.296 e. The molecule has 3 N–H and O–H groups in total. The molecule has 4 rings (SSSR count). The van der Waals surface area contributed by atoms with Crippen LogP contribution in [0.3, 0.4) is 0 Å². The van der Waals surface area contributed by atoms with Gasteiger partial charge in [-0.15, -0.1) is 10.2 Å². The zero-order valence-electron chi connectivity index (χ0n) is 20.8. The van der Waals surface area contributed by atoms with E-state index in [0.29, 0.717) is 40.8 Å². The van der Waals surface area contributed by atoms with Crippen LogP contribution in [0.5, 0.6) is 11.5 Å². The summed E-state index contributed by atoms with van der Waals surface area (Å²) in [7, 11) is -4.69. The maximum Gasteiger partial charge on any atom is 0.296 e. The molecule has 0 bridgehead atoms. The molecule has 0 saturated carbocycles. The normalized spacial score (nSPS) is 11.7. The molecule has 0 aromatic heterocycles. The first-order chi connectivity index (χ1) is 18.5. The minimum atomic E-state index is -4.69. The number of nitrogens with one attached hydrogen (secondary N) is 1. The molecular formula is C27H23Cl2N3O6S. The van der Waals surface area contributed by atoms with E-state index in [1.165, 1.54) is 18.2 Å². The largest absolute Gasteiger partial charge is 0.505 e. The van der Waals surface area contributed by atoms with Crippen LogP contribution in [0.15, 0.2) is 75.8 Å². The molecule has 202 valence electrons. The van der Waals surface area contributed by atoms with E-state index in [2.05, 4.69) is 15.5 Å². The number of benzene rings is 4. The minimum absolute atomic E-state index is 0.0146. The maximum absolute atomic E-state index is 13.2. The van der Waals surface area contributed by atoms with Gasteiger partial charge in [-0.2, -0.15) is 8.42 Å². The number of nitrogens with zero attached hydrogens (tertiary/aromatic N) is 2. The number of carbonyl (C=O) groups is 1. The van der Waals surface area contributed by atoms with Gasteiger partial charge in [0.1, 0.15) is 22.0 Å². The number of anilines is 1. The van der Waals surface area contributed by atoms with Crippen LogP contribution in [-0.4, -0.2) is 30.6 Å². The van der Waals surface area contributed by atoms with Crippen molar-refractivity contribution in [1.82, 2.24) is 0 Å². The van der Waals surface area contributed by atoms with Gasteiger partial charge in [0.05, 0.1) is 27.9 Å². The molecule has 4 aromatic carbocycles. The van der Waals surface area contributed by atoms with Crippen molar-refractivity contribution in [3.8, 4) is 11.5 Å². The number of aryl methyl sites for hydroxylation is 1. The number of rotatable bonds is 8. The van der Waals surface area contributed by atoms with E-state index in [1.807, 2.05) is 13.8 Å². The highest BCUT2D eigenvalue weighted by molar-refractivity contribution is 7.86. The molecule has 0 fully saturated rings. The lowest BCUT2D eigenvalue weighted by molar-refractivity contribution is 0.102. The lowest BCUT2D eigenvalue weighted by atomic mass is 10.0. The van der Waals surface area contributed by atoms with E-state index in [0.717, 1.165) is 0 Å². The van der Waals surface area contributed by atoms with Crippen LogP contribution in [0.1, 0.15) is 29.8 Å². The van der Waals surface area contributed by atoms with Crippen molar-refractivity contribution in [2.75, 3.05) is 11.9 Å². The van der Waals surface area contributed by atoms with Crippen LogP contribution in [0.25, 0.3) is 10.8 Å². The van der Waals surface area contributed by atoms with Crippen molar-refractivity contribution in [2.45, 2.75) is 25.2 Å². The fourth-order valence-electron chi connectivity index (χ4n) is 3.90. The van der Waals surface area contributed by atoms with E-state index in [1.54, 1.807) is 42.5 Å². The Morgan fingerprint density at radius 2 is 1.72 bits per heavy atom. The summed E-state index contributed by atoms with van der Waals surface area (Å²) >= 11 is 12.7. The fourth-order valence-corrected chi connectivity index (χ4v) is 5.14. The van der Waals surface area contributed by atoms with Gasteiger partial charge >= 0.3 is 0 Å². The first-order valence-corrected chi connectivity index (χ1v) is 13.9. The Labute approximate surface area is 234 Å². The van der Waals surface area contributed by atoms with Gasteiger partial charge in [-0.05, 0) is 48.6 Å². The zero-order chi connectivity index (χ0) is 28.3. The van der Waals surface area contributed by atoms with E-state index in [-0.39, 0.29) is 27.0 Å². The molecule has 4 aromatic rings. The topological polar surface area (TPSA) is 138 Å². The molecule has 0 aliphatic heterocycles. The molecule has 0 saturated heterocycles. The van der Waals surface area contributed by atoms with Gasteiger partial charge in [-0.3, -0.25) is 9.35 Å². The summed E-state index contributed by atoms with van der Waals surface area (Å²) in [6, 6.07) is 15.7. The molecule has 0 radical (unpaired) electrons. The summed E-state index contributed by atoms with van der Waals surface area (Å²) in [5.41, 5.74) is 0.346. The van der Waals surface area contributed by atoms with Gasteiger partial charge in [-0.1, -0.05) is 60.5 Å². The maximum atomic E-state index is 13.2. The van der Waals surface area contributed by atoms with Crippen molar-refractivity contribution in [3.63, 3.8) is 0 Å². The van der Waals surface area contributed by atoms with Crippen molar-refractivity contribution in [1.29, 1.82) is 0 Å². The van der Waals surface area contributed by atoms with Crippen LogP contribution in [0.2, 0.25) is 10.0 Å². The van der Waals surface area contributed by atoms with Crippen molar-refractivity contribution in [2.24, 2.45) is 10.2 Å². The van der Waals surface area contributed by atoms with Gasteiger partial charge in [0.2, 0.25) is 0 Å². The number of phenols is 1. The lowest BCUT2D eigenvalue weighted by Gasteiger charge is -2.13. The van der Waals surface area contributed by atoms with Gasteiger partial charge in [0.25, 0.3) is 16.0 Å². The number of amides is 1. The van der Waals surface area contributed by atoms with Gasteiger partial charge in [0, 0.05) is 11.5 Å². The molecule has 9 nitrogen and oxygen atoms in total. The Bertz CT molecular complexity index is 1720. The molecule has 12 heteroatoms.